The Balaban J connectivity index is 0.000000540. The van der Waals surface area contributed by atoms with Crippen molar-refractivity contribution in [3.05, 3.63) is 46.5 Å². The summed E-state index contributed by atoms with van der Waals surface area (Å²) in [6.07, 6.45) is 12.2. The van der Waals surface area contributed by atoms with Gasteiger partial charge in [0.2, 0.25) is 11.8 Å². The predicted molar refractivity (Wildman–Crippen MR) is 216 cm³/mol. The fourth-order valence-electron chi connectivity index (χ4n) is 8.63. The van der Waals surface area contributed by atoms with E-state index in [0.717, 1.165) is 102 Å². The number of aliphatic carboxylic acids is 1. The monoisotopic (exact) mass is 817 g/mol. The molecule has 57 heavy (non-hydrogen) atoms. The second-order valence-corrected chi connectivity index (χ2v) is 16.4. The van der Waals surface area contributed by atoms with Crippen molar-refractivity contribution in [1.82, 2.24) is 4.90 Å². The Kier molecular flexibility index (Phi) is 16.3. The van der Waals surface area contributed by atoms with Gasteiger partial charge in [0.1, 0.15) is 5.75 Å². The van der Waals surface area contributed by atoms with Crippen molar-refractivity contribution in [3.8, 4) is 11.5 Å². The molecule has 1 N–H and O–H groups in total. The average molecular weight is 818 g/mol. The number of imide groups is 1. The third-order valence-electron chi connectivity index (χ3n) is 12.2. The maximum absolute atomic E-state index is 14.3. The maximum atomic E-state index is 14.3. The highest BCUT2D eigenvalue weighted by Gasteiger charge is 2.39. The van der Waals surface area contributed by atoms with Crippen molar-refractivity contribution in [1.29, 1.82) is 0 Å². The lowest BCUT2D eigenvalue weighted by Gasteiger charge is -2.30. The van der Waals surface area contributed by atoms with Crippen molar-refractivity contribution < 1.29 is 42.2 Å². The van der Waals surface area contributed by atoms with E-state index in [4.69, 9.17) is 21.4 Å². The number of rotatable bonds is 9. The normalized spacial score (nSPS) is 18.8. The van der Waals surface area contributed by atoms with Crippen LogP contribution in [0.4, 0.5) is 24.5 Å². The highest BCUT2D eigenvalue weighted by Crippen LogP contribution is 2.46. The number of alkyl halides is 3. The molecule has 314 valence electrons. The first-order valence-electron chi connectivity index (χ1n) is 21.2. The van der Waals surface area contributed by atoms with E-state index in [1.54, 1.807) is 0 Å². The van der Waals surface area contributed by atoms with Crippen LogP contribution in [0.25, 0.3) is 0 Å². The minimum absolute atomic E-state index is 0.0373. The number of hydrogen-bond acceptors (Lipinski definition) is 6. The van der Waals surface area contributed by atoms with Crippen LogP contribution in [0.5, 0.6) is 11.5 Å². The number of nitrogens with zero attached hydrogens (tertiary/aromatic N) is 3. The van der Waals surface area contributed by atoms with E-state index in [1.807, 2.05) is 13.8 Å². The molecule has 13 heteroatoms. The second-order valence-electron chi connectivity index (χ2n) is 16.0. The first-order valence-corrected chi connectivity index (χ1v) is 21.6. The smallest absolute Gasteiger partial charge is 0.416 e. The van der Waals surface area contributed by atoms with Crippen LogP contribution in [-0.2, 0) is 20.6 Å². The van der Waals surface area contributed by atoms with Gasteiger partial charge in [-0.05, 0) is 75.9 Å². The molecular formula is C44H59ClF3N3O6. The topological polar surface area (TPSA) is 107 Å². The number of carboxylic acids is 1. The molecular weight excluding hydrogens is 759 g/mol. The second kappa shape index (κ2) is 20.9. The molecule has 6 rings (SSSR count). The molecule has 0 unspecified atom stereocenters. The molecule has 1 heterocycles. The number of fused-ring (bicyclic) bond motifs is 2. The Labute approximate surface area is 340 Å². The summed E-state index contributed by atoms with van der Waals surface area (Å²) in [6.45, 7) is 6.15. The Hall–Kier alpha value is -3.64. The van der Waals surface area contributed by atoms with E-state index in [-0.39, 0.29) is 69.6 Å². The highest BCUT2D eigenvalue weighted by molar-refractivity contribution is 6.36. The zero-order chi connectivity index (χ0) is 41.1. The van der Waals surface area contributed by atoms with Gasteiger partial charge in [0.15, 0.2) is 5.75 Å². The van der Waals surface area contributed by atoms with E-state index in [0.29, 0.717) is 32.2 Å². The number of carboxylic acid groups (broad SMARTS) is 1. The van der Waals surface area contributed by atoms with Crippen LogP contribution >= 0.6 is 11.6 Å². The molecule has 0 aromatic heterocycles. The number of amides is 3. The summed E-state index contributed by atoms with van der Waals surface area (Å²) in [4.78, 5) is 58.0. The lowest BCUT2D eigenvalue weighted by molar-refractivity contribution is -0.142. The van der Waals surface area contributed by atoms with Crippen LogP contribution in [-0.4, -0.2) is 59.9 Å². The number of benzene rings is 2. The summed E-state index contributed by atoms with van der Waals surface area (Å²) in [6, 6.07) is 5.87. The summed E-state index contributed by atoms with van der Waals surface area (Å²) in [5.41, 5.74) is -0.567. The van der Waals surface area contributed by atoms with Gasteiger partial charge in [0.25, 0.3) is 5.91 Å². The fourth-order valence-corrected chi connectivity index (χ4v) is 8.88. The summed E-state index contributed by atoms with van der Waals surface area (Å²) >= 11 is 6.89. The molecule has 1 aliphatic heterocycles. The Morgan fingerprint density at radius 1 is 0.754 bits per heavy atom. The standard InChI is InChI=1S/C36H45ClF3N3O4.C8H14O2/c1-3-41(4-2)19-20-42-29-18-17-26(36(38,39)40)21-32(29)47-31-23-30(28(37)22-27(31)35(42)46)43(33(44)24-13-9-5-6-10-14-24)34(45)25-15-11-7-8-12-16-25;9-8(10)7-5-3-1-2-4-6-7/h17-18,21-25H,3-16,19-20H2,1-2H3;7H,1-6H2,(H,9,10). The van der Waals surface area contributed by atoms with Crippen LogP contribution in [0.15, 0.2) is 30.3 Å². The molecule has 9 nitrogen and oxygen atoms in total. The van der Waals surface area contributed by atoms with Gasteiger partial charge in [-0.25, -0.2) is 4.90 Å². The van der Waals surface area contributed by atoms with Crippen LogP contribution in [0.3, 0.4) is 0 Å². The van der Waals surface area contributed by atoms with Crippen molar-refractivity contribution >= 4 is 46.7 Å². The third-order valence-corrected chi connectivity index (χ3v) is 12.5. The van der Waals surface area contributed by atoms with Gasteiger partial charge >= 0.3 is 12.1 Å². The predicted octanol–water partition coefficient (Wildman–Crippen LogP) is 11.3. The molecule has 0 bridgehead atoms. The Bertz CT molecular complexity index is 1660. The van der Waals surface area contributed by atoms with Gasteiger partial charge in [-0.15, -0.1) is 0 Å². The Morgan fingerprint density at radius 2 is 1.25 bits per heavy atom. The average Bonchev–Trinajstić information content (AvgIpc) is 3.78. The van der Waals surface area contributed by atoms with Crippen molar-refractivity contribution in [3.63, 3.8) is 0 Å². The van der Waals surface area contributed by atoms with Crippen LogP contribution in [0.2, 0.25) is 5.02 Å². The molecule has 3 amide bonds. The number of hydrogen-bond donors (Lipinski definition) is 1. The zero-order valence-corrected chi connectivity index (χ0v) is 34.3. The van der Waals surface area contributed by atoms with E-state index in [1.165, 1.54) is 40.8 Å². The summed E-state index contributed by atoms with van der Waals surface area (Å²) < 4.78 is 47.7. The summed E-state index contributed by atoms with van der Waals surface area (Å²) in [5.74, 6) is -2.65. The molecule has 0 saturated heterocycles. The molecule has 0 atom stereocenters. The molecule has 3 fully saturated rings. The van der Waals surface area contributed by atoms with Crippen molar-refractivity contribution in [2.75, 3.05) is 36.0 Å². The quantitative estimate of drug-likeness (QED) is 0.198. The first kappa shape index (κ1) is 44.5. The molecule has 4 aliphatic rings. The lowest BCUT2D eigenvalue weighted by Crippen LogP contribution is -2.44. The SMILES string of the molecule is CCN(CC)CCN1C(=O)c2cc(Cl)c(N(C(=O)C3CCCCCC3)C(=O)C3CCCCCC3)cc2Oc2cc(C(F)(F)F)ccc21.O=C(O)C1CCCCCC1. The Morgan fingerprint density at radius 3 is 1.70 bits per heavy atom. The minimum atomic E-state index is -4.64. The van der Waals surface area contributed by atoms with Crippen molar-refractivity contribution in [2.24, 2.45) is 17.8 Å². The number of carbonyl (C=O) groups is 4. The van der Waals surface area contributed by atoms with Gasteiger partial charge in [-0.1, -0.05) is 102 Å². The number of ether oxygens (including phenoxy) is 1. The molecule has 0 spiro atoms. The minimum Gasteiger partial charge on any atom is -0.481 e. The number of halogens is 4. The first-order chi connectivity index (χ1) is 27.3. The lowest BCUT2D eigenvalue weighted by atomic mass is 9.94. The number of anilines is 2. The third kappa shape index (κ3) is 11.5. The zero-order valence-electron chi connectivity index (χ0n) is 33.5. The van der Waals surface area contributed by atoms with Crippen LogP contribution in [0, 0.1) is 17.8 Å². The van der Waals surface area contributed by atoms with Crippen molar-refractivity contribution in [2.45, 2.75) is 136 Å². The van der Waals surface area contributed by atoms with E-state index < -0.39 is 23.6 Å². The molecule has 0 radical (unpaired) electrons. The molecule has 2 aromatic rings. The van der Waals surface area contributed by atoms with Gasteiger partial charge in [0.05, 0.1) is 33.4 Å². The van der Waals surface area contributed by atoms with E-state index in [9.17, 15) is 32.3 Å². The van der Waals surface area contributed by atoms with Gasteiger partial charge in [0, 0.05) is 31.0 Å². The van der Waals surface area contributed by atoms with E-state index in [2.05, 4.69) is 4.90 Å². The fraction of sp³-hybridized carbons (Fsp3) is 0.636. The van der Waals surface area contributed by atoms with Crippen LogP contribution < -0.4 is 14.5 Å². The molecule has 3 aliphatic carbocycles. The van der Waals surface area contributed by atoms with E-state index >= 15 is 0 Å². The van der Waals surface area contributed by atoms with Gasteiger partial charge in [-0.2, -0.15) is 13.2 Å². The largest absolute Gasteiger partial charge is 0.481 e. The van der Waals surface area contributed by atoms with Crippen LogP contribution in [0.1, 0.15) is 145 Å². The highest BCUT2D eigenvalue weighted by atomic mass is 35.5. The molecule has 3 saturated carbocycles. The summed E-state index contributed by atoms with van der Waals surface area (Å²) in [5, 5.41) is 8.70. The number of likely N-dealkylation sites (N-methyl/N-ethyl adjacent to an activating group) is 1. The molecule has 2 aromatic carbocycles. The number of carbonyl (C=O) groups excluding carboxylic acids is 3. The maximum Gasteiger partial charge on any atom is 0.416 e. The van der Waals surface area contributed by atoms with Gasteiger partial charge < -0.3 is 19.6 Å². The van der Waals surface area contributed by atoms with Gasteiger partial charge in [-0.3, -0.25) is 19.2 Å². The summed E-state index contributed by atoms with van der Waals surface area (Å²) in [7, 11) is 0.